The minimum absolute atomic E-state index is 0.136. The van der Waals surface area contributed by atoms with Gasteiger partial charge < -0.3 is 19.5 Å². The number of hydrogen-bond donors (Lipinski definition) is 1. The molecule has 2 aromatic carbocycles. The fraction of sp³-hybridized carbons (Fsp3) is 0.333. The van der Waals surface area contributed by atoms with Crippen LogP contribution in [0, 0.1) is 6.92 Å². The SMILES string of the molecule is Cc1cccc(COc2ccc(/C(O)=C3/C(=O)C(=O)N(CCCN4CCOCC4)C3c3cccs3)cc2)c1. The topological polar surface area (TPSA) is 79.3 Å². The van der Waals surface area contributed by atoms with Crippen molar-refractivity contribution in [1.29, 1.82) is 0 Å². The lowest BCUT2D eigenvalue weighted by molar-refractivity contribution is -0.140. The molecule has 2 aliphatic heterocycles. The Kier molecular flexibility index (Phi) is 8.22. The van der Waals surface area contributed by atoms with Gasteiger partial charge in [0.25, 0.3) is 11.7 Å². The molecule has 1 N–H and O–H groups in total. The van der Waals surface area contributed by atoms with Crippen LogP contribution in [-0.2, 0) is 20.9 Å². The number of aliphatic hydroxyl groups is 1. The molecule has 2 aliphatic rings. The van der Waals surface area contributed by atoms with Crippen molar-refractivity contribution < 1.29 is 24.2 Å². The summed E-state index contributed by atoms with van der Waals surface area (Å²) in [6, 6.07) is 18.3. The predicted molar refractivity (Wildman–Crippen MR) is 147 cm³/mol. The van der Waals surface area contributed by atoms with Crippen molar-refractivity contribution in [2.24, 2.45) is 0 Å². The highest BCUT2D eigenvalue weighted by Gasteiger charge is 2.46. The standard InChI is InChI=1S/C30H32N2O5S/c1-21-5-2-6-22(19-21)20-37-24-10-8-23(9-11-24)28(33)26-27(25-7-3-18-38-25)32(30(35)29(26)34)13-4-12-31-14-16-36-17-15-31/h2-3,5-11,18-19,27,33H,4,12-17,20H2,1H3/b28-26-. The number of ketones is 1. The molecule has 38 heavy (non-hydrogen) atoms. The Balaban J connectivity index is 1.34. The fourth-order valence-corrected chi connectivity index (χ4v) is 5.82. The van der Waals surface area contributed by atoms with Crippen molar-refractivity contribution >= 4 is 28.8 Å². The van der Waals surface area contributed by atoms with E-state index in [0.29, 0.717) is 24.5 Å². The van der Waals surface area contributed by atoms with Gasteiger partial charge in [0.05, 0.1) is 24.8 Å². The van der Waals surface area contributed by atoms with Gasteiger partial charge >= 0.3 is 0 Å². The van der Waals surface area contributed by atoms with Gasteiger partial charge in [0.2, 0.25) is 0 Å². The number of amides is 1. The highest BCUT2D eigenvalue weighted by atomic mass is 32.1. The third-order valence-electron chi connectivity index (χ3n) is 6.95. The molecule has 0 radical (unpaired) electrons. The number of aryl methyl sites for hydroxylation is 1. The summed E-state index contributed by atoms with van der Waals surface area (Å²) in [5.74, 6) is -0.721. The monoisotopic (exact) mass is 532 g/mol. The third kappa shape index (κ3) is 5.83. The average Bonchev–Trinajstić information content (AvgIpc) is 3.55. The molecule has 0 aliphatic carbocycles. The van der Waals surface area contributed by atoms with Crippen LogP contribution in [0.1, 0.15) is 34.0 Å². The van der Waals surface area contributed by atoms with Crippen LogP contribution in [-0.4, -0.2) is 66.0 Å². The maximum absolute atomic E-state index is 13.2. The highest BCUT2D eigenvalue weighted by molar-refractivity contribution is 7.10. The van der Waals surface area contributed by atoms with E-state index in [2.05, 4.69) is 11.0 Å². The Hall–Kier alpha value is -3.46. The number of carbonyl (C=O) groups is 2. The molecule has 8 heteroatoms. The van der Waals surface area contributed by atoms with E-state index in [1.807, 2.05) is 42.6 Å². The largest absolute Gasteiger partial charge is 0.507 e. The average molecular weight is 533 g/mol. The molecule has 2 fully saturated rings. The van der Waals surface area contributed by atoms with Gasteiger partial charge in [-0.2, -0.15) is 0 Å². The zero-order valence-electron chi connectivity index (χ0n) is 21.5. The van der Waals surface area contributed by atoms with Crippen LogP contribution in [0.15, 0.2) is 71.6 Å². The Morgan fingerprint density at radius 3 is 2.55 bits per heavy atom. The van der Waals surface area contributed by atoms with Crippen molar-refractivity contribution in [1.82, 2.24) is 9.80 Å². The number of carbonyl (C=O) groups excluding carboxylic acids is 2. The lowest BCUT2D eigenvalue weighted by atomic mass is 10.00. The van der Waals surface area contributed by atoms with Gasteiger partial charge in [-0.25, -0.2) is 0 Å². The maximum Gasteiger partial charge on any atom is 0.295 e. The summed E-state index contributed by atoms with van der Waals surface area (Å²) < 4.78 is 11.3. The molecule has 1 atom stereocenters. The lowest BCUT2D eigenvalue weighted by Gasteiger charge is -2.28. The third-order valence-corrected chi connectivity index (χ3v) is 7.87. The minimum Gasteiger partial charge on any atom is -0.507 e. The first kappa shape index (κ1) is 26.2. The van der Waals surface area contributed by atoms with E-state index in [1.54, 1.807) is 29.2 Å². The van der Waals surface area contributed by atoms with Gasteiger partial charge in [-0.1, -0.05) is 35.9 Å². The molecule has 3 heterocycles. The van der Waals surface area contributed by atoms with Gasteiger partial charge in [0.15, 0.2) is 0 Å². The summed E-state index contributed by atoms with van der Waals surface area (Å²) in [6.07, 6.45) is 0.738. The molecule has 0 saturated carbocycles. The second kappa shape index (κ2) is 11.9. The second-order valence-corrected chi connectivity index (χ2v) is 10.6. The summed E-state index contributed by atoms with van der Waals surface area (Å²) in [5, 5.41) is 13.2. The fourth-order valence-electron chi connectivity index (χ4n) is 4.98. The van der Waals surface area contributed by atoms with E-state index in [0.717, 1.165) is 49.7 Å². The smallest absolute Gasteiger partial charge is 0.295 e. The number of Topliss-reactive ketones (excluding diaryl/α,β-unsaturated/α-hetero) is 1. The first-order valence-corrected chi connectivity index (χ1v) is 13.8. The molecule has 198 valence electrons. The summed E-state index contributed by atoms with van der Waals surface area (Å²) in [5.41, 5.74) is 2.85. The van der Waals surface area contributed by atoms with Crippen LogP contribution in [0.5, 0.6) is 5.75 Å². The van der Waals surface area contributed by atoms with E-state index >= 15 is 0 Å². The van der Waals surface area contributed by atoms with Crippen LogP contribution in [0.2, 0.25) is 0 Å². The zero-order chi connectivity index (χ0) is 26.5. The van der Waals surface area contributed by atoms with Gasteiger partial charge in [-0.15, -0.1) is 11.3 Å². The van der Waals surface area contributed by atoms with E-state index in [9.17, 15) is 14.7 Å². The Morgan fingerprint density at radius 1 is 1.05 bits per heavy atom. The molecular weight excluding hydrogens is 500 g/mol. The molecule has 5 rings (SSSR count). The summed E-state index contributed by atoms with van der Waals surface area (Å²) >= 11 is 1.48. The molecule has 0 bridgehead atoms. The van der Waals surface area contributed by atoms with Gasteiger partial charge in [-0.05, 0) is 54.6 Å². The number of thiophene rings is 1. The van der Waals surface area contributed by atoms with Gasteiger partial charge in [-0.3, -0.25) is 14.5 Å². The number of nitrogens with zero attached hydrogens (tertiary/aromatic N) is 2. The number of benzene rings is 2. The quantitative estimate of drug-likeness (QED) is 0.243. The zero-order valence-corrected chi connectivity index (χ0v) is 22.3. The molecule has 1 amide bonds. The van der Waals surface area contributed by atoms with Crippen molar-refractivity contribution in [3.8, 4) is 5.75 Å². The molecule has 1 aromatic heterocycles. The highest BCUT2D eigenvalue weighted by Crippen LogP contribution is 2.41. The number of rotatable bonds is 9. The molecular formula is C30H32N2O5S. The normalized spacial score (nSPS) is 19.7. The van der Waals surface area contributed by atoms with Crippen molar-refractivity contribution in [3.63, 3.8) is 0 Å². The van der Waals surface area contributed by atoms with Gasteiger partial charge in [0.1, 0.15) is 18.1 Å². The Labute approximate surface area is 226 Å². The Bertz CT molecular complexity index is 1300. The molecule has 1 unspecified atom stereocenters. The minimum atomic E-state index is -0.646. The van der Waals surface area contributed by atoms with E-state index < -0.39 is 17.7 Å². The molecule has 0 spiro atoms. The molecule has 7 nitrogen and oxygen atoms in total. The van der Waals surface area contributed by atoms with Crippen LogP contribution in [0.3, 0.4) is 0 Å². The second-order valence-electron chi connectivity index (χ2n) is 9.62. The lowest BCUT2D eigenvalue weighted by Crippen LogP contribution is -2.38. The predicted octanol–water partition coefficient (Wildman–Crippen LogP) is 4.78. The number of aliphatic hydroxyl groups excluding tert-OH is 1. The van der Waals surface area contributed by atoms with E-state index in [1.165, 1.54) is 16.9 Å². The Morgan fingerprint density at radius 2 is 1.84 bits per heavy atom. The number of morpholine rings is 1. The van der Waals surface area contributed by atoms with Gasteiger partial charge in [0, 0.05) is 36.6 Å². The maximum atomic E-state index is 13.2. The van der Waals surface area contributed by atoms with E-state index in [4.69, 9.17) is 9.47 Å². The van der Waals surface area contributed by atoms with Crippen molar-refractivity contribution in [2.45, 2.75) is 26.0 Å². The van der Waals surface area contributed by atoms with Crippen LogP contribution < -0.4 is 4.74 Å². The van der Waals surface area contributed by atoms with Crippen LogP contribution in [0.25, 0.3) is 5.76 Å². The molecule has 3 aromatic rings. The van der Waals surface area contributed by atoms with E-state index in [-0.39, 0.29) is 11.3 Å². The number of hydrogen-bond acceptors (Lipinski definition) is 7. The number of ether oxygens (including phenoxy) is 2. The van der Waals surface area contributed by atoms with Crippen LogP contribution in [0.4, 0.5) is 0 Å². The van der Waals surface area contributed by atoms with Crippen molar-refractivity contribution in [3.05, 3.63) is 93.2 Å². The van der Waals surface area contributed by atoms with Crippen molar-refractivity contribution in [2.75, 3.05) is 39.4 Å². The first-order valence-electron chi connectivity index (χ1n) is 12.9. The summed E-state index contributed by atoms with van der Waals surface area (Å²) in [7, 11) is 0. The first-order chi connectivity index (χ1) is 18.5. The summed E-state index contributed by atoms with van der Waals surface area (Å²) in [4.78, 5) is 31.1. The number of likely N-dealkylation sites (tertiary alicyclic amines) is 1. The van der Waals surface area contributed by atoms with Crippen LogP contribution >= 0.6 is 11.3 Å². The molecule has 2 saturated heterocycles. The summed E-state index contributed by atoms with van der Waals surface area (Å²) in [6.45, 7) is 6.92.